The molecule has 4 rings (SSSR count). The fourth-order valence-electron chi connectivity index (χ4n) is 3.77. The minimum Gasteiger partial charge on any atom is -0.311 e. The largest absolute Gasteiger partial charge is 0.311 e. The van der Waals surface area contributed by atoms with Crippen molar-refractivity contribution in [1.82, 2.24) is 9.91 Å². The summed E-state index contributed by atoms with van der Waals surface area (Å²) >= 11 is 0. The lowest BCUT2D eigenvalue weighted by Gasteiger charge is -2.36. The molecule has 0 aliphatic carbocycles. The van der Waals surface area contributed by atoms with E-state index in [1.165, 1.54) is 16.7 Å². The van der Waals surface area contributed by atoms with Crippen LogP contribution < -0.4 is 0 Å². The number of hydrogen-bond donors (Lipinski definition) is 0. The average Bonchev–Trinajstić information content (AvgIpc) is 2.96. The van der Waals surface area contributed by atoms with Crippen LogP contribution in [0.15, 0.2) is 29.5 Å². The van der Waals surface area contributed by atoms with Gasteiger partial charge in [-0.1, -0.05) is 32.0 Å². The van der Waals surface area contributed by atoms with Crippen molar-refractivity contribution >= 4 is 12.4 Å². The van der Waals surface area contributed by atoms with E-state index in [1.54, 1.807) is 0 Å². The third kappa shape index (κ3) is 0.913. The molecule has 92 valence electrons. The Morgan fingerprint density at radius 1 is 1.28 bits per heavy atom. The number of benzene rings is 1. The summed E-state index contributed by atoms with van der Waals surface area (Å²) in [7, 11) is 0. The predicted molar refractivity (Wildman–Crippen MR) is 72.6 cm³/mol. The Labute approximate surface area is 107 Å². The zero-order chi connectivity index (χ0) is 12.3. The molecule has 3 heteroatoms. The van der Waals surface area contributed by atoms with E-state index in [-0.39, 0.29) is 5.54 Å². The van der Waals surface area contributed by atoms with Gasteiger partial charge in [0.2, 0.25) is 0 Å². The van der Waals surface area contributed by atoms with E-state index in [4.69, 9.17) is 0 Å². The first kappa shape index (κ1) is 10.2. The van der Waals surface area contributed by atoms with Crippen LogP contribution in [0.2, 0.25) is 0 Å². The summed E-state index contributed by atoms with van der Waals surface area (Å²) in [5, 5.41) is 6.99. The maximum absolute atomic E-state index is 4.68. The highest BCUT2D eigenvalue weighted by Gasteiger charge is 2.52. The van der Waals surface area contributed by atoms with Crippen molar-refractivity contribution in [3.05, 3.63) is 41.1 Å². The number of nitrogens with zero attached hydrogens (tertiary/aromatic N) is 3. The summed E-state index contributed by atoms with van der Waals surface area (Å²) in [6.45, 7) is 4.54. The van der Waals surface area contributed by atoms with E-state index in [1.807, 2.05) is 6.34 Å². The highest BCUT2D eigenvalue weighted by molar-refractivity contribution is 5.71. The molecule has 0 fully saturated rings. The topological polar surface area (TPSA) is 18.8 Å². The summed E-state index contributed by atoms with van der Waals surface area (Å²) in [5.74, 6) is 0. The summed E-state index contributed by atoms with van der Waals surface area (Å²) in [6.07, 6.45) is 8.79. The van der Waals surface area contributed by atoms with Crippen LogP contribution in [0.25, 0.3) is 6.08 Å². The molecule has 0 aromatic heterocycles. The maximum Gasteiger partial charge on any atom is 0.151 e. The van der Waals surface area contributed by atoms with Crippen LogP contribution in [0.5, 0.6) is 0 Å². The monoisotopic (exact) mass is 239 g/mol. The predicted octanol–water partition coefficient (Wildman–Crippen LogP) is 3.26. The lowest BCUT2D eigenvalue weighted by molar-refractivity contribution is 0.0418. The molecule has 0 spiro atoms. The van der Waals surface area contributed by atoms with Gasteiger partial charge < -0.3 is 4.90 Å². The molecule has 1 aromatic carbocycles. The van der Waals surface area contributed by atoms with Crippen LogP contribution in [0.3, 0.4) is 0 Å². The molecule has 0 bridgehead atoms. The molecule has 3 nitrogen and oxygen atoms in total. The molecule has 18 heavy (non-hydrogen) atoms. The summed E-state index contributed by atoms with van der Waals surface area (Å²) in [4.78, 5) is 2.22. The Balaban J connectivity index is 2.05. The SMILES string of the molecule is CCC1(CC)c2cccc3c2C2N(C=C3)C=NN21. The van der Waals surface area contributed by atoms with Gasteiger partial charge in [0.05, 0.1) is 5.54 Å². The first-order valence-corrected chi connectivity index (χ1v) is 6.74. The third-order valence-electron chi connectivity index (χ3n) is 4.76. The quantitative estimate of drug-likeness (QED) is 0.789. The Morgan fingerprint density at radius 2 is 2.11 bits per heavy atom. The van der Waals surface area contributed by atoms with Gasteiger partial charge in [-0.15, -0.1) is 0 Å². The molecule has 0 amide bonds. The molecule has 0 N–H and O–H groups in total. The average molecular weight is 239 g/mol. The van der Waals surface area contributed by atoms with Gasteiger partial charge in [-0.25, -0.2) is 0 Å². The van der Waals surface area contributed by atoms with Crippen LogP contribution in [-0.4, -0.2) is 16.2 Å². The Bertz CT molecular complexity index is 569. The molecule has 3 aliphatic heterocycles. The lowest BCUT2D eigenvalue weighted by atomic mass is 9.84. The summed E-state index contributed by atoms with van der Waals surface area (Å²) < 4.78 is 0. The van der Waals surface area contributed by atoms with E-state index in [9.17, 15) is 0 Å². The van der Waals surface area contributed by atoms with Crippen LogP contribution in [0.1, 0.15) is 49.5 Å². The molecular weight excluding hydrogens is 222 g/mol. The first-order chi connectivity index (χ1) is 8.81. The van der Waals surface area contributed by atoms with E-state index < -0.39 is 0 Å². The van der Waals surface area contributed by atoms with Gasteiger partial charge >= 0.3 is 0 Å². The minimum atomic E-state index is 0.0767. The molecule has 0 saturated carbocycles. The molecule has 3 heterocycles. The van der Waals surface area contributed by atoms with Crippen molar-refractivity contribution in [3.63, 3.8) is 0 Å². The number of rotatable bonds is 2. The minimum absolute atomic E-state index is 0.0767. The standard InChI is InChI=1S/C15H17N3/c1-3-15(4-2)12-7-5-6-11-8-9-17-10-16-18(15)14(17)13(11)12/h5-10,14H,3-4H2,1-2H3. The summed E-state index contributed by atoms with van der Waals surface area (Å²) in [6, 6.07) is 6.68. The van der Waals surface area contributed by atoms with Crippen molar-refractivity contribution < 1.29 is 0 Å². The molecule has 0 radical (unpaired) electrons. The van der Waals surface area contributed by atoms with Crippen molar-refractivity contribution in [1.29, 1.82) is 0 Å². The third-order valence-corrected chi connectivity index (χ3v) is 4.76. The zero-order valence-corrected chi connectivity index (χ0v) is 10.8. The van der Waals surface area contributed by atoms with Crippen molar-refractivity contribution in [2.24, 2.45) is 5.10 Å². The van der Waals surface area contributed by atoms with Crippen LogP contribution in [0, 0.1) is 0 Å². The molecule has 3 aliphatic rings. The second kappa shape index (κ2) is 3.16. The smallest absolute Gasteiger partial charge is 0.151 e. The molecular formula is C15H17N3. The van der Waals surface area contributed by atoms with Gasteiger partial charge in [0.25, 0.3) is 0 Å². The molecule has 1 atom stereocenters. The van der Waals surface area contributed by atoms with Gasteiger partial charge in [0.15, 0.2) is 6.17 Å². The van der Waals surface area contributed by atoms with E-state index >= 15 is 0 Å². The van der Waals surface area contributed by atoms with Gasteiger partial charge in [-0.3, -0.25) is 5.01 Å². The Morgan fingerprint density at radius 3 is 2.89 bits per heavy atom. The fourth-order valence-corrected chi connectivity index (χ4v) is 3.77. The number of hydrogen-bond acceptors (Lipinski definition) is 3. The highest BCUT2D eigenvalue weighted by Crippen LogP contribution is 2.55. The zero-order valence-electron chi connectivity index (χ0n) is 10.8. The van der Waals surface area contributed by atoms with Gasteiger partial charge in [-0.2, -0.15) is 5.10 Å². The normalized spacial score (nSPS) is 24.9. The van der Waals surface area contributed by atoms with E-state index in [0.717, 1.165) is 12.8 Å². The van der Waals surface area contributed by atoms with Gasteiger partial charge in [0.1, 0.15) is 6.34 Å². The van der Waals surface area contributed by atoms with Gasteiger partial charge in [0, 0.05) is 11.8 Å². The Hall–Kier alpha value is -1.77. The van der Waals surface area contributed by atoms with Crippen molar-refractivity contribution in [3.8, 4) is 0 Å². The fraction of sp³-hybridized carbons (Fsp3) is 0.400. The van der Waals surface area contributed by atoms with E-state index in [0.29, 0.717) is 6.17 Å². The van der Waals surface area contributed by atoms with Crippen LogP contribution in [0.4, 0.5) is 0 Å². The molecule has 0 saturated heterocycles. The second-order valence-electron chi connectivity index (χ2n) is 5.26. The van der Waals surface area contributed by atoms with Gasteiger partial charge in [-0.05, 0) is 30.0 Å². The highest BCUT2D eigenvalue weighted by atomic mass is 15.6. The number of hydrazone groups is 1. The molecule has 1 unspecified atom stereocenters. The van der Waals surface area contributed by atoms with Crippen molar-refractivity contribution in [2.75, 3.05) is 0 Å². The summed E-state index contributed by atoms with van der Waals surface area (Å²) in [5.41, 5.74) is 4.36. The maximum atomic E-state index is 4.68. The lowest BCUT2D eigenvalue weighted by Crippen LogP contribution is -2.38. The Kier molecular flexibility index (Phi) is 1.79. The second-order valence-corrected chi connectivity index (χ2v) is 5.26. The van der Waals surface area contributed by atoms with E-state index in [2.05, 4.69) is 59.3 Å². The van der Waals surface area contributed by atoms with Crippen molar-refractivity contribution in [2.45, 2.75) is 38.4 Å². The first-order valence-electron chi connectivity index (χ1n) is 6.74. The van der Waals surface area contributed by atoms with Crippen LogP contribution >= 0.6 is 0 Å². The molecule has 1 aromatic rings. The van der Waals surface area contributed by atoms with Crippen LogP contribution in [-0.2, 0) is 5.54 Å².